The predicted octanol–water partition coefficient (Wildman–Crippen LogP) is 9.50. The maximum absolute atomic E-state index is 11.8. The fourth-order valence-corrected chi connectivity index (χ4v) is 11.8. The van der Waals surface area contributed by atoms with Crippen LogP contribution in [-0.4, -0.2) is 45.8 Å². The third kappa shape index (κ3) is 6.70. The minimum absolute atomic E-state index is 0.0284. The second-order valence-corrected chi connectivity index (χ2v) is 17.0. The van der Waals surface area contributed by atoms with Crippen LogP contribution >= 0.6 is 45.3 Å². The van der Waals surface area contributed by atoms with Crippen LogP contribution in [-0.2, 0) is 22.4 Å². The first-order chi connectivity index (χ1) is 23.6. The molecule has 2 atom stereocenters. The van der Waals surface area contributed by atoms with Gasteiger partial charge in [-0.2, -0.15) is 0 Å². The fraction of sp³-hybridized carbons (Fsp3) is 0.351. The lowest BCUT2D eigenvalue weighted by Gasteiger charge is -2.36. The standard InChI is InChI=1S/C20H23N3OS2.C17H17N3OS2/c1-11(2)23-10-9-14-17(19(21-13(4)24)26-18(14)12(23)3)20-22-15-7-5-6-8-16(15)25-20;1-9-15-11(7-8-18-9)14(16(23-15)19-10(2)21)17-20-12-5-3-4-6-13(12)22-17/h5-8,11-12H,9-10H2,1-4H3,(H,21,24);3-6,9,18H,7-8H2,1-2H3,(H,19,21). The molecule has 0 aliphatic carbocycles. The average molecular weight is 729 g/mol. The molecule has 4 aromatic heterocycles. The van der Waals surface area contributed by atoms with E-state index in [-0.39, 0.29) is 11.8 Å². The van der Waals surface area contributed by atoms with Crippen LogP contribution in [0, 0.1) is 0 Å². The Morgan fingerprint density at radius 3 is 1.80 bits per heavy atom. The van der Waals surface area contributed by atoms with Crippen molar-refractivity contribution in [1.29, 1.82) is 0 Å². The molecule has 0 radical (unpaired) electrons. The van der Waals surface area contributed by atoms with E-state index in [4.69, 9.17) is 9.97 Å². The molecule has 0 saturated carbocycles. The third-order valence-electron chi connectivity index (χ3n) is 9.05. The largest absolute Gasteiger partial charge is 0.317 e. The summed E-state index contributed by atoms with van der Waals surface area (Å²) in [6.45, 7) is 14.1. The number of hydrogen-bond donors (Lipinski definition) is 3. The van der Waals surface area contributed by atoms with Crippen molar-refractivity contribution < 1.29 is 9.59 Å². The molecule has 8 rings (SSSR count). The zero-order valence-electron chi connectivity index (χ0n) is 28.5. The highest BCUT2D eigenvalue weighted by atomic mass is 32.1. The number of hydrogen-bond acceptors (Lipinski definition) is 10. The number of thiazole rings is 2. The topological polar surface area (TPSA) is 99.2 Å². The molecule has 8 nitrogen and oxygen atoms in total. The van der Waals surface area contributed by atoms with E-state index in [1.54, 1.807) is 59.2 Å². The van der Waals surface area contributed by atoms with Gasteiger partial charge in [-0.05, 0) is 82.5 Å². The van der Waals surface area contributed by atoms with Crippen LogP contribution in [0.3, 0.4) is 0 Å². The van der Waals surface area contributed by atoms with Gasteiger partial charge in [0.25, 0.3) is 0 Å². The van der Waals surface area contributed by atoms with Crippen LogP contribution < -0.4 is 16.0 Å². The molecule has 3 N–H and O–H groups in total. The summed E-state index contributed by atoms with van der Waals surface area (Å²) in [6, 6.07) is 17.6. The Kier molecular flexibility index (Phi) is 9.71. The number of fused-ring (bicyclic) bond motifs is 4. The molecule has 2 aliphatic heterocycles. The Balaban J connectivity index is 0.000000155. The molecule has 0 spiro atoms. The molecule has 12 heteroatoms. The number of para-hydroxylation sites is 2. The van der Waals surface area contributed by atoms with Crippen LogP contribution in [0.2, 0.25) is 0 Å². The summed E-state index contributed by atoms with van der Waals surface area (Å²) >= 11 is 6.79. The SMILES string of the molecule is CC(=O)Nc1sc2c(c1-c1nc3ccccc3s1)CCN(C(C)C)C2C.CC(=O)Nc1sc2c(c1-c1nc3ccccc3s1)CCNC2C. The van der Waals surface area contributed by atoms with E-state index in [2.05, 4.69) is 66.7 Å². The predicted molar refractivity (Wildman–Crippen MR) is 209 cm³/mol. The number of nitrogens with zero attached hydrogens (tertiary/aromatic N) is 3. The van der Waals surface area contributed by atoms with Crippen molar-refractivity contribution in [1.82, 2.24) is 20.2 Å². The van der Waals surface area contributed by atoms with Crippen molar-refractivity contribution in [3.05, 3.63) is 69.4 Å². The summed E-state index contributed by atoms with van der Waals surface area (Å²) in [5, 5.41) is 13.5. The smallest absolute Gasteiger partial charge is 0.221 e. The molecule has 2 aromatic carbocycles. The molecule has 6 heterocycles. The molecular formula is C37H40N6O2S4. The van der Waals surface area contributed by atoms with Crippen molar-refractivity contribution in [2.24, 2.45) is 0 Å². The van der Waals surface area contributed by atoms with Gasteiger partial charge in [0.05, 0.1) is 20.4 Å². The van der Waals surface area contributed by atoms with Crippen LogP contribution in [0.15, 0.2) is 48.5 Å². The number of carbonyl (C=O) groups excluding carboxylic acids is 2. The minimum Gasteiger partial charge on any atom is -0.317 e. The van der Waals surface area contributed by atoms with Gasteiger partial charge in [-0.25, -0.2) is 9.97 Å². The van der Waals surface area contributed by atoms with E-state index in [9.17, 15) is 9.59 Å². The number of thiophene rings is 2. The molecule has 2 unspecified atom stereocenters. The first-order valence-electron chi connectivity index (χ1n) is 16.7. The highest BCUT2D eigenvalue weighted by Crippen LogP contribution is 2.49. The molecular weight excluding hydrogens is 689 g/mol. The van der Waals surface area contributed by atoms with Gasteiger partial charge in [-0.1, -0.05) is 24.3 Å². The Morgan fingerprint density at radius 2 is 1.29 bits per heavy atom. The first-order valence-corrected chi connectivity index (χ1v) is 19.9. The summed E-state index contributed by atoms with van der Waals surface area (Å²) in [7, 11) is 0. The number of nitrogens with one attached hydrogen (secondary N) is 3. The van der Waals surface area contributed by atoms with Gasteiger partial charge in [-0.3, -0.25) is 14.5 Å². The second-order valence-electron chi connectivity index (χ2n) is 12.8. The number of aromatic nitrogens is 2. The van der Waals surface area contributed by atoms with Gasteiger partial charge in [0.1, 0.15) is 20.0 Å². The highest BCUT2D eigenvalue weighted by Gasteiger charge is 2.33. The molecule has 49 heavy (non-hydrogen) atoms. The average Bonchev–Trinajstić information content (AvgIpc) is 3.83. The van der Waals surface area contributed by atoms with Crippen LogP contribution in [0.1, 0.15) is 74.5 Å². The van der Waals surface area contributed by atoms with Crippen LogP contribution in [0.5, 0.6) is 0 Å². The van der Waals surface area contributed by atoms with Crippen LogP contribution in [0.4, 0.5) is 10.0 Å². The number of amides is 2. The summed E-state index contributed by atoms with van der Waals surface area (Å²) in [5.74, 6) is -0.0640. The zero-order valence-corrected chi connectivity index (χ0v) is 31.7. The lowest BCUT2D eigenvalue weighted by Crippen LogP contribution is -2.38. The maximum Gasteiger partial charge on any atom is 0.221 e. The summed E-state index contributed by atoms with van der Waals surface area (Å²) in [6.07, 6.45) is 1.97. The normalized spacial score (nSPS) is 17.4. The van der Waals surface area contributed by atoms with Crippen molar-refractivity contribution in [3.8, 4) is 21.1 Å². The van der Waals surface area contributed by atoms with Crippen molar-refractivity contribution in [2.45, 2.75) is 72.5 Å². The lowest BCUT2D eigenvalue weighted by atomic mass is 9.97. The summed E-state index contributed by atoms with van der Waals surface area (Å²) in [4.78, 5) is 38.3. The molecule has 2 amide bonds. The minimum atomic E-state index is -0.0356. The number of rotatable bonds is 5. The molecule has 0 bridgehead atoms. The lowest BCUT2D eigenvalue weighted by molar-refractivity contribution is -0.115. The Bertz CT molecular complexity index is 2110. The molecule has 2 aliphatic rings. The van der Waals surface area contributed by atoms with Gasteiger partial charge in [0.2, 0.25) is 11.8 Å². The van der Waals surface area contributed by atoms with E-state index in [1.807, 2.05) is 30.3 Å². The Morgan fingerprint density at radius 1 is 0.776 bits per heavy atom. The maximum atomic E-state index is 11.8. The zero-order chi connectivity index (χ0) is 34.4. The van der Waals surface area contributed by atoms with E-state index >= 15 is 0 Å². The van der Waals surface area contributed by atoms with E-state index in [0.29, 0.717) is 18.1 Å². The van der Waals surface area contributed by atoms with E-state index in [1.165, 1.54) is 30.3 Å². The van der Waals surface area contributed by atoms with E-state index < -0.39 is 0 Å². The van der Waals surface area contributed by atoms with Crippen molar-refractivity contribution >= 4 is 87.6 Å². The van der Waals surface area contributed by atoms with Crippen LogP contribution in [0.25, 0.3) is 41.6 Å². The Hall–Kier alpha value is -3.52. The van der Waals surface area contributed by atoms with E-state index in [0.717, 1.165) is 68.1 Å². The second kappa shape index (κ2) is 14.0. The molecule has 0 fully saturated rings. The highest BCUT2D eigenvalue weighted by molar-refractivity contribution is 7.23. The van der Waals surface area contributed by atoms with Gasteiger partial charge in [0, 0.05) is 59.4 Å². The van der Waals surface area contributed by atoms with Gasteiger partial charge in [0.15, 0.2) is 0 Å². The Labute approximate surface area is 302 Å². The quantitative estimate of drug-likeness (QED) is 0.164. The number of carbonyl (C=O) groups is 2. The summed E-state index contributed by atoms with van der Waals surface area (Å²) < 4.78 is 2.36. The summed E-state index contributed by atoms with van der Waals surface area (Å²) in [5.41, 5.74) is 7.00. The van der Waals surface area contributed by atoms with Crippen molar-refractivity contribution in [3.63, 3.8) is 0 Å². The molecule has 0 saturated heterocycles. The van der Waals surface area contributed by atoms with Crippen molar-refractivity contribution in [2.75, 3.05) is 23.7 Å². The van der Waals surface area contributed by atoms with Gasteiger partial charge >= 0.3 is 0 Å². The first kappa shape index (κ1) is 34.0. The van der Waals surface area contributed by atoms with Gasteiger partial charge in [-0.15, -0.1) is 45.3 Å². The monoisotopic (exact) mass is 728 g/mol. The molecule has 6 aromatic rings. The van der Waals surface area contributed by atoms with Gasteiger partial charge < -0.3 is 16.0 Å². The number of benzene rings is 2. The fourth-order valence-electron chi connectivity index (χ4n) is 6.85. The third-order valence-corrected chi connectivity index (χ3v) is 13.8. The number of anilines is 2. The molecule has 254 valence electrons.